The zero-order valence-corrected chi connectivity index (χ0v) is 10.9. The molecule has 0 spiro atoms. The molecule has 2 heterocycles. The van der Waals surface area contributed by atoms with Gasteiger partial charge in [-0.25, -0.2) is 9.97 Å². The highest BCUT2D eigenvalue weighted by molar-refractivity contribution is 5.85. The highest BCUT2D eigenvalue weighted by Gasteiger charge is 2.13. The zero-order valence-electron chi connectivity index (χ0n) is 10.1. The lowest BCUT2D eigenvalue weighted by atomic mass is 10.1. The first kappa shape index (κ1) is 13.1. The van der Waals surface area contributed by atoms with E-state index in [-0.39, 0.29) is 12.4 Å². The number of aromatic nitrogens is 2. The highest BCUT2D eigenvalue weighted by Crippen LogP contribution is 2.13. The van der Waals surface area contributed by atoms with E-state index < -0.39 is 0 Å². The van der Waals surface area contributed by atoms with Crippen molar-refractivity contribution in [3.05, 3.63) is 30.5 Å². The summed E-state index contributed by atoms with van der Waals surface area (Å²) in [6.07, 6.45) is 4.27. The number of anilines is 1. The normalized spacial score (nSPS) is 19.2. The van der Waals surface area contributed by atoms with Gasteiger partial charge in [0.1, 0.15) is 0 Å². The molecular weight excluding hydrogens is 248 g/mol. The van der Waals surface area contributed by atoms with Crippen LogP contribution in [-0.2, 0) is 0 Å². The number of benzene rings is 1. The molecule has 5 heteroatoms. The molecule has 0 radical (unpaired) electrons. The monoisotopic (exact) mass is 264 g/mol. The molecule has 1 aliphatic heterocycles. The first-order valence-corrected chi connectivity index (χ1v) is 6.11. The number of piperidine rings is 1. The molecule has 0 aliphatic carbocycles. The first-order chi connectivity index (χ1) is 8.42. The molecular formula is C13H17ClN4. The highest BCUT2D eigenvalue weighted by atomic mass is 35.5. The lowest BCUT2D eigenvalue weighted by Crippen LogP contribution is -2.38. The second-order valence-electron chi connectivity index (χ2n) is 4.44. The third-order valence-corrected chi connectivity index (χ3v) is 3.12. The van der Waals surface area contributed by atoms with E-state index in [1.54, 1.807) is 0 Å². The summed E-state index contributed by atoms with van der Waals surface area (Å²) in [4.78, 5) is 8.87. The molecule has 4 nitrogen and oxygen atoms in total. The number of halogens is 1. The molecule has 2 N–H and O–H groups in total. The van der Waals surface area contributed by atoms with Gasteiger partial charge in [-0.3, -0.25) is 0 Å². The second-order valence-corrected chi connectivity index (χ2v) is 4.44. The quantitative estimate of drug-likeness (QED) is 0.873. The smallest absolute Gasteiger partial charge is 0.223 e. The molecule has 2 aromatic rings. The number of nitrogens with one attached hydrogen (secondary N) is 2. The van der Waals surface area contributed by atoms with Gasteiger partial charge in [-0.15, -0.1) is 12.4 Å². The number of hydrogen-bond donors (Lipinski definition) is 2. The minimum absolute atomic E-state index is 0. The van der Waals surface area contributed by atoms with Crippen LogP contribution in [0, 0.1) is 0 Å². The van der Waals surface area contributed by atoms with Crippen LogP contribution in [0.1, 0.15) is 12.8 Å². The summed E-state index contributed by atoms with van der Waals surface area (Å²) in [5, 5.41) is 7.85. The van der Waals surface area contributed by atoms with Crippen LogP contribution in [0.25, 0.3) is 10.9 Å². The summed E-state index contributed by atoms with van der Waals surface area (Å²) in [5.41, 5.74) is 0.994. The Morgan fingerprint density at radius 3 is 3.00 bits per heavy atom. The fourth-order valence-corrected chi connectivity index (χ4v) is 2.20. The fraction of sp³-hybridized carbons (Fsp3) is 0.385. The van der Waals surface area contributed by atoms with E-state index in [0.29, 0.717) is 6.04 Å². The van der Waals surface area contributed by atoms with E-state index in [9.17, 15) is 0 Å². The Labute approximate surface area is 113 Å². The van der Waals surface area contributed by atoms with Gasteiger partial charge < -0.3 is 10.6 Å². The van der Waals surface area contributed by atoms with E-state index in [1.807, 2.05) is 30.5 Å². The number of hydrogen-bond acceptors (Lipinski definition) is 4. The minimum Gasteiger partial charge on any atom is -0.350 e. The van der Waals surface area contributed by atoms with Gasteiger partial charge in [0.2, 0.25) is 5.95 Å². The maximum Gasteiger partial charge on any atom is 0.223 e. The van der Waals surface area contributed by atoms with Gasteiger partial charge in [0, 0.05) is 24.2 Å². The van der Waals surface area contributed by atoms with Crippen molar-refractivity contribution in [2.45, 2.75) is 18.9 Å². The lowest BCUT2D eigenvalue weighted by Gasteiger charge is -2.23. The average Bonchev–Trinajstić information content (AvgIpc) is 2.40. The molecule has 0 saturated carbocycles. The molecule has 3 rings (SSSR count). The predicted octanol–water partition coefficient (Wildman–Crippen LogP) is 2.22. The maximum absolute atomic E-state index is 4.52. The molecule has 1 saturated heterocycles. The van der Waals surface area contributed by atoms with Crippen molar-refractivity contribution >= 4 is 29.3 Å². The Balaban J connectivity index is 0.00000120. The van der Waals surface area contributed by atoms with E-state index in [4.69, 9.17) is 0 Å². The number of para-hydroxylation sites is 1. The van der Waals surface area contributed by atoms with Crippen LogP contribution in [0.3, 0.4) is 0 Å². The molecule has 96 valence electrons. The Hall–Kier alpha value is -1.39. The van der Waals surface area contributed by atoms with Crippen molar-refractivity contribution in [2.75, 3.05) is 18.4 Å². The molecule has 1 aromatic heterocycles. The van der Waals surface area contributed by atoms with Crippen LogP contribution in [0.4, 0.5) is 5.95 Å². The molecule has 1 atom stereocenters. The van der Waals surface area contributed by atoms with Crippen LogP contribution < -0.4 is 10.6 Å². The predicted molar refractivity (Wildman–Crippen MR) is 76.3 cm³/mol. The van der Waals surface area contributed by atoms with Crippen molar-refractivity contribution in [1.82, 2.24) is 15.3 Å². The van der Waals surface area contributed by atoms with Crippen LogP contribution >= 0.6 is 12.4 Å². The number of fused-ring (bicyclic) bond motifs is 1. The van der Waals surface area contributed by atoms with Crippen LogP contribution in [0.5, 0.6) is 0 Å². The van der Waals surface area contributed by atoms with Crippen molar-refractivity contribution in [1.29, 1.82) is 0 Å². The summed E-state index contributed by atoms with van der Waals surface area (Å²) in [6, 6.07) is 8.50. The summed E-state index contributed by atoms with van der Waals surface area (Å²) in [7, 11) is 0. The summed E-state index contributed by atoms with van der Waals surface area (Å²) < 4.78 is 0. The molecule has 1 aliphatic rings. The first-order valence-electron chi connectivity index (χ1n) is 6.11. The summed E-state index contributed by atoms with van der Waals surface area (Å²) in [6.45, 7) is 2.12. The number of nitrogens with zero attached hydrogens (tertiary/aromatic N) is 2. The van der Waals surface area contributed by atoms with Gasteiger partial charge in [-0.1, -0.05) is 18.2 Å². The number of rotatable bonds is 2. The van der Waals surface area contributed by atoms with Gasteiger partial charge >= 0.3 is 0 Å². The Morgan fingerprint density at radius 2 is 2.17 bits per heavy atom. The van der Waals surface area contributed by atoms with Crippen LogP contribution in [0.15, 0.2) is 30.5 Å². The Morgan fingerprint density at radius 1 is 1.28 bits per heavy atom. The minimum atomic E-state index is 0. The summed E-state index contributed by atoms with van der Waals surface area (Å²) >= 11 is 0. The Bertz CT molecular complexity index is 511. The van der Waals surface area contributed by atoms with Crippen molar-refractivity contribution in [3.63, 3.8) is 0 Å². The third kappa shape index (κ3) is 2.89. The maximum atomic E-state index is 4.52. The molecule has 0 amide bonds. The van der Waals surface area contributed by atoms with E-state index in [2.05, 4.69) is 20.6 Å². The van der Waals surface area contributed by atoms with Gasteiger partial charge in [0.05, 0.1) is 5.52 Å². The molecule has 18 heavy (non-hydrogen) atoms. The average molecular weight is 265 g/mol. The fourth-order valence-electron chi connectivity index (χ4n) is 2.20. The van der Waals surface area contributed by atoms with Gasteiger partial charge in [0.25, 0.3) is 0 Å². The molecule has 1 fully saturated rings. The second kappa shape index (κ2) is 5.98. The standard InChI is InChI=1S/C13H16N4.ClH/c1-2-6-12-10(4-1)8-15-13(17-12)16-11-5-3-7-14-9-11;/h1-2,4,6,8,11,14H,3,5,7,9H2,(H,15,16,17);1H. The van der Waals surface area contributed by atoms with Crippen molar-refractivity contribution in [3.8, 4) is 0 Å². The summed E-state index contributed by atoms with van der Waals surface area (Å²) in [5.74, 6) is 0.734. The SMILES string of the molecule is Cl.c1ccc2nc(NC3CCCNC3)ncc2c1. The molecule has 1 unspecified atom stereocenters. The van der Waals surface area contributed by atoms with E-state index >= 15 is 0 Å². The largest absolute Gasteiger partial charge is 0.350 e. The van der Waals surface area contributed by atoms with E-state index in [0.717, 1.165) is 29.9 Å². The third-order valence-electron chi connectivity index (χ3n) is 3.12. The van der Waals surface area contributed by atoms with Crippen LogP contribution in [-0.4, -0.2) is 29.1 Å². The van der Waals surface area contributed by atoms with Crippen molar-refractivity contribution in [2.24, 2.45) is 0 Å². The van der Waals surface area contributed by atoms with E-state index in [1.165, 1.54) is 12.8 Å². The molecule has 1 aromatic carbocycles. The van der Waals surface area contributed by atoms with Crippen LogP contribution in [0.2, 0.25) is 0 Å². The van der Waals surface area contributed by atoms with Gasteiger partial charge in [-0.2, -0.15) is 0 Å². The van der Waals surface area contributed by atoms with Gasteiger partial charge in [-0.05, 0) is 25.5 Å². The molecule has 0 bridgehead atoms. The van der Waals surface area contributed by atoms with Crippen molar-refractivity contribution < 1.29 is 0 Å². The Kier molecular flexibility index (Phi) is 4.33. The lowest BCUT2D eigenvalue weighted by molar-refractivity contribution is 0.478. The zero-order chi connectivity index (χ0) is 11.5. The van der Waals surface area contributed by atoms with Gasteiger partial charge in [0.15, 0.2) is 0 Å². The topological polar surface area (TPSA) is 49.8 Å².